The van der Waals surface area contributed by atoms with Gasteiger partial charge in [-0.25, -0.2) is 22.9 Å². The van der Waals surface area contributed by atoms with Crippen molar-refractivity contribution in [3.63, 3.8) is 0 Å². The van der Waals surface area contributed by atoms with Crippen LogP contribution in [0.4, 0.5) is 13.2 Å². The Kier molecular flexibility index (Phi) is 4.30. The Morgan fingerprint density at radius 2 is 1.91 bits per heavy atom. The number of amides is 1. The van der Waals surface area contributed by atoms with E-state index in [-0.39, 0.29) is 11.2 Å². The minimum Gasteiger partial charge on any atom is -0.402 e. The van der Waals surface area contributed by atoms with Gasteiger partial charge in [-0.2, -0.15) is 0 Å². The summed E-state index contributed by atoms with van der Waals surface area (Å²) in [6.45, 7) is 1.29. The Balaban J connectivity index is 1.92. The van der Waals surface area contributed by atoms with Gasteiger partial charge in [0.05, 0.1) is 12.1 Å². The van der Waals surface area contributed by atoms with Crippen LogP contribution in [0.1, 0.15) is 21.5 Å². The van der Waals surface area contributed by atoms with Crippen molar-refractivity contribution in [1.29, 1.82) is 0 Å². The van der Waals surface area contributed by atoms with Crippen LogP contribution in [0.15, 0.2) is 51.8 Å². The van der Waals surface area contributed by atoms with Gasteiger partial charge in [-0.1, -0.05) is 11.6 Å². The predicted molar refractivity (Wildman–Crippen MR) is 112 cm³/mol. The number of rotatable bonds is 3. The van der Waals surface area contributed by atoms with Gasteiger partial charge in [-0.15, -0.1) is 0 Å². The number of carbonyl (C=O) groups excluding carboxylic acids is 1. The van der Waals surface area contributed by atoms with Crippen molar-refractivity contribution in [2.24, 2.45) is 5.73 Å². The van der Waals surface area contributed by atoms with Crippen LogP contribution >= 0.6 is 0 Å². The molecule has 9 heteroatoms. The van der Waals surface area contributed by atoms with Gasteiger partial charge in [0.1, 0.15) is 11.3 Å². The second kappa shape index (κ2) is 6.94. The second-order valence-electron chi connectivity index (χ2n) is 7.45. The number of hydrogen-bond acceptors (Lipinski definition) is 4. The van der Waals surface area contributed by atoms with E-state index in [1.165, 1.54) is 10.8 Å². The van der Waals surface area contributed by atoms with E-state index in [2.05, 4.69) is 4.98 Å². The van der Waals surface area contributed by atoms with Gasteiger partial charge >= 0.3 is 5.63 Å². The molecule has 0 fully saturated rings. The summed E-state index contributed by atoms with van der Waals surface area (Å²) < 4.78 is 50.4. The Morgan fingerprint density at radius 1 is 1.12 bits per heavy atom. The fourth-order valence-electron chi connectivity index (χ4n) is 4.05. The molecule has 0 bridgehead atoms. The zero-order valence-electron chi connectivity index (χ0n) is 16.6. The molecule has 1 amide bonds. The van der Waals surface area contributed by atoms with E-state index in [9.17, 15) is 22.8 Å². The van der Waals surface area contributed by atoms with Gasteiger partial charge < -0.3 is 14.7 Å². The first-order chi connectivity index (χ1) is 15.3. The number of pyridine rings is 1. The van der Waals surface area contributed by atoms with Crippen molar-refractivity contribution in [2.45, 2.75) is 13.5 Å². The first-order valence-corrected chi connectivity index (χ1v) is 9.54. The van der Waals surface area contributed by atoms with E-state index in [1.807, 2.05) is 13.0 Å². The fourth-order valence-corrected chi connectivity index (χ4v) is 4.05. The van der Waals surface area contributed by atoms with Crippen molar-refractivity contribution in [1.82, 2.24) is 9.55 Å². The number of fused-ring (bicyclic) bond motifs is 5. The molecule has 0 unspecified atom stereocenters. The van der Waals surface area contributed by atoms with Crippen molar-refractivity contribution < 1.29 is 22.4 Å². The fraction of sp³-hybridized carbons (Fsp3) is 0.0870. The molecule has 2 N–H and O–H groups in total. The highest BCUT2D eigenvalue weighted by Crippen LogP contribution is 2.34. The zero-order chi connectivity index (χ0) is 22.7. The van der Waals surface area contributed by atoms with Gasteiger partial charge in [0.15, 0.2) is 11.6 Å². The summed E-state index contributed by atoms with van der Waals surface area (Å²) in [6, 6.07) is 9.09. The minimum absolute atomic E-state index is 0.0368. The van der Waals surface area contributed by atoms with Crippen LogP contribution in [0.3, 0.4) is 0 Å². The Morgan fingerprint density at radius 3 is 2.66 bits per heavy atom. The molecular weight excluding hydrogens is 423 g/mol. The predicted octanol–water partition coefficient (Wildman–Crippen LogP) is 4.17. The van der Waals surface area contributed by atoms with Crippen molar-refractivity contribution in [3.05, 3.63) is 87.2 Å². The minimum atomic E-state index is -1.47. The largest absolute Gasteiger partial charge is 0.402 e. The number of halogens is 3. The van der Waals surface area contributed by atoms with Crippen LogP contribution < -0.4 is 11.4 Å². The summed E-state index contributed by atoms with van der Waals surface area (Å²) in [6.07, 6.45) is 1.48. The van der Waals surface area contributed by atoms with Crippen molar-refractivity contribution in [2.75, 3.05) is 0 Å². The summed E-state index contributed by atoms with van der Waals surface area (Å²) in [5.74, 6) is -5.42. The summed E-state index contributed by atoms with van der Waals surface area (Å²) in [5, 5.41) is 1.67. The standard InChI is InChI=1S/C23H14F3N3O3/c1-10-4-5-16-12(7-10)17-11-3-2-6-28-22(11)32-23(31)20(17)29(16)9-14-18(25)13(21(27)30)8-15(24)19(14)26/h2-8H,9H2,1H3,(H2,27,30). The summed E-state index contributed by atoms with van der Waals surface area (Å²) in [5.41, 5.74) is 4.34. The third kappa shape index (κ3) is 2.78. The number of carbonyl (C=O) groups is 1. The maximum absolute atomic E-state index is 14.9. The number of benzene rings is 2. The average molecular weight is 437 g/mol. The lowest BCUT2D eigenvalue weighted by Gasteiger charge is -2.12. The Bertz CT molecular complexity index is 1650. The monoisotopic (exact) mass is 437 g/mol. The molecule has 0 aliphatic carbocycles. The van der Waals surface area contributed by atoms with E-state index in [0.717, 1.165) is 5.56 Å². The lowest BCUT2D eigenvalue weighted by atomic mass is 10.1. The van der Waals surface area contributed by atoms with Crippen LogP contribution in [0.5, 0.6) is 0 Å². The zero-order valence-corrected chi connectivity index (χ0v) is 16.6. The van der Waals surface area contributed by atoms with E-state index < -0.39 is 46.7 Å². The Hall–Kier alpha value is -4.14. The number of aryl methyl sites for hydroxylation is 1. The number of nitrogens with zero attached hydrogens (tertiary/aromatic N) is 2. The molecule has 0 spiro atoms. The summed E-state index contributed by atoms with van der Waals surface area (Å²) in [4.78, 5) is 28.5. The SMILES string of the molecule is Cc1ccc2c(c1)c1c3cccnc3oc(=O)c1n2Cc1c(F)c(F)cc(C(N)=O)c1F. The highest BCUT2D eigenvalue weighted by molar-refractivity contribution is 6.18. The molecule has 0 aliphatic rings. The molecule has 6 nitrogen and oxygen atoms in total. The normalized spacial score (nSPS) is 11.6. The van der Waals surface area contributed by atoms with Crippen LogP contribution in [-0.2, 0) is 6.54 Å². The molecule has 0 aliphatic heterocycles. The third-order valence-corrected chi connectivity index (χ3v) is 5.47. The summed E-state index contributed by atoms with van der Waals surface area (Å²) >= 11 is 0. The molecular formula is C23H14F3N3O3. The summed E-state index contributed by atoms with van der Waals surface area (Å²) in [7, 11) is 0. The number of hydrogen-bond donors (Lipinski definition) is 1. The second-order valence-corrected chi connectivity index (χ2v) is 7.45. The molecule has 32 heavy (non-hydrogen) atoms. The molecule has 2 aromatic carbocycles. The van der Waals surface area contributed by atoms with E-state index in [0.29, 0.717) is 27.7 Å². The van der Waals surface area contributed by atoms with E-state index in [4.69, 9.17) is 10.2 Å². The van der Waals surface area contributed by atoms with Crippen LogP contribution in [-0.4, -0.2) is 15.5 Å². The molecule has 0 atom stereocenters. The van der Waals surface area contributed by atoms with E-state index in [1.54, 1.807) is 24.3 Å². The van der Waals surface area contributed by atoms with Gasteiger partial charge in [0.2, 0.25) is 5.71 Å². The average Bonchev–Trinajstić information content (AvgIpc) is 3.07. The first kappa shape index (κ1) is 19.8. The molecule has 0 saturated carbocycles. The highest BCUT2D eigenvalue weighted by Gasteiger charge is 2.25. The molecule has 3 heterocycles. The topological polar surface area (TPSA) is 91.1 Å². The Labute approximate surface area is 177 Å². The number of aromatic nitrogens is 2. The molecule has 5 aromatic rings. The quantitative estimate of drug-likeness (QED) is 0.429. The smallest absolute Gasteiger partial charge is 0.362 e. The lowest BCUT2D eigenvalue weighted by Crippen LogP contribution is -2.18. The van der Waals surface area contributed by atoms with Gasteiger partial charge in [0, 0.05) is 33.4 Å². The van der Waals surface area contributed by atoms with Crippen molar-refractivity contribution in [3.8, 4) is 0 Å². The molecule has 0 radical (unpaired) electrons. The van der Waals surface area contributed by atoms with Crippen LogP contribution in [0, 0.1) is 24.4 Å². The molecule has 0 saturated heterocycles. The molecule has 3 aromatic heterocycles. The maximum atomic E-state index is 14.9. The van der Waals surface area contributed by atoms with Gasteiger partial charge in [-0.3, -0.25) is 4.79 Å². The van der Waals surface area contributed by atoms with Crippen LogP contribution in [0.2, 0.25) is 0 Å². The number of primary amides is 1. The number of nitrogens with two attached hydrogens (primary N) is 1. The van der Waals surface area contributed by atoms with Gasteiger partial charge in [-0.05, 0) is 37.3 Å². The van der Waals surface area contributed by atoms with Crippen molar-refractivity contribution >= 4 is 38.8 Å². The first-order valence-electron chi connectivity index (χ1n) is 9.54. The molecule has 5 rings (SSSR count). The molecule has 160 valence electrons. The highest BCUT2D eigenvalue weighted by atomic mass is 19.2. The lowest BCUT2D eigenvalue weighted by molar-refractivity contribution is 0.0995. The van der Waals surface area contributed by atoms with Crippen LogP contribution in [0.25, 0.3) is 32.9 Å². The van der Waals surface area contributed by atoms with E-state index >= 15 is 0 Å². The maximum Gasteiger partial charge on any atom is 0.362 e. The third-order valence-electron chi connectivity index (χ3n) is 5.47. The van der Waals surface area contributed by atoms with Gasteiger partial charge in [0.25, 0.3) is 5.91 Å².